The summed E-state index contributed by atoms with van der Waals surface area (Å²) in [6.07, 6.45) is 0. The van der Waals surface area contributed by atoms with Crippen LogP contribution < -0.4 is 4.72 Å². The number of hydrogen-bond acceptors (Lipinski definition) is 2. The highest BCUT2D eigenvalue weighted by Gasteiger charge is 2.18. The molecule has 2 aromatic rings. The number of rotatable bonds is 3. The van der Waals surface area contributed by atoms with E-state index in [1.807, 2.05) is 13.0 Å². The number of nitrogens with one attached hydrogen (secondary N) is 1. The van der Waals surface area contributed by atoms with Crippen LogP contribution in [0.25, 0.3) is 0 Å². The minimum atomic E-state index is -3.75. The van der Waals surface area contributed by atoms with Crippen molar-refractivity contribution in [2.45, 2.75) is 18.7 Å². The van der Waals surface area contributed by atoms with Gasteiger partial charge in [-0.2, -0.15) is 0 Å². The van der Waals surface area contributed by atoms with Crippen LogP contribution in [0.4, 0.5) is 10.1 Å². The molecule has 0 amide bonds. The van der Waals surface area contributed by atoms with Crippen LogP contribution in [0.15, 0.2) is 45.8 Å². The van der Waals surface area contributed by atoms with Crippen molar-refractivity contribution in [3.8, 4) is 0 Å². The van der Waals surface area contributed by atoms with Gasteiger partial charge in [0.15, 0.2) is 0 Å². The van der Waals surface area contributed by atoms with Gasteiger partial charge in [0.2, 0.25) is 0 Å². The van der Waals surface area contributed by atoms with E-state index < -0.39 is 15.8 Å². The highest BCUT2D eigenvalue weighted by Crippen LogP contribution is 2.28. The zero-order valence-electron chi connectivity index (χ0n) is 10.9. The highest BCUT2D eigenvalue weighted by atomic mass is 79.9. The third-order valence-corrected chi connectivity index (χ3v) is 5.44. The first-order chi connectivity index (χ1) is 9.31. The van der Waals surface area contributed by atoms with Crippen LogP contribution >= 0.6 is 15.9 Å². The summed E-state index contributed by atoms with van der Waals surface area (Å²) in [5.41, 5.74) is 1.73. The number of sulfonamides is 1. The normalized spacial score (nSPS) is 11.4. The van der Waals surface area contributed by atoms with E-state index >= 15 is 0 Å². The Morgan fingerprint density at radius 3 is 2.45 bits per heavy atom. The van der Waals surface area contributed by atoms with Crippen LogP contribution in [0.5, 0.6) is 0 Å². The predicted octanol–water partition coefficient (Wildman–Crippen LogP) is 4.01. The van der Waals surface area contributed by atoms with Crippen LogP contribution in [-0.2, 0) is 10.0 Å². The Hall–Kier alpha value is -1.40. The fourth-order valence-corrected chi connectivity index (χ4v) is 3.63. The zero-order chi connectivity index (χ0) is 14.9. The van der Waals surface area contributed by atoms with Crippen LogP contribution in [0.1, 0.15) is 11.1 Å². The van der Waals surface area contributed by atoms with Gasteiger partial charge in [0.05, 0.1) is 10.6 Å². The lowest BCUT2D eigenvalue weighted by molar-refractivity contribution is 0.598. The van der Waals surface area contributed by atoms with E-state index in [-0.39, 0.29) is 4.90 Å². The van der Waals surface area contributed by atoms with Crippen molar-refractivity contribution in [1.82, 2.24) is 0 Å². The molecular weight excluding hydrogens is 345 g/mol. The molecule has 0 aliphatic carbocycles. The minimum absolute atomic E-state index is 0.0623. The maximum Gasteiger partial charge on any atom is 0.262 e. The second-order valence-electron chi connectivity index (χ2n) is 4.45. The van der Waals surface area contributed by atoms with E-state index in [1.54, 1.807) is 19.1 Å². The van der Waals surface area contributed by atoms with Gasteiger partial charge in [-0.25, -0.2) is 12.8 Å². The number of aryl methyl sites for hydroxylation is 2. The van der Waals surface area contributed by atoms with Gasteiger partial charge in [-0.15, -0.1) is 0 Å². The maximum absolute atomic E-state index is 13.1. The molecule has 0 aromatic heterocycles. The third kappa shape index (κ3) is 3.02. The highest BCUT2D eigenvalue weighted by molar-refractivity contribution is 9.10. The fourth-order valence-electron chi connectivity index (χ4n) is 1.84. The van der Waals surface area contributed by atoms with E-state index in [0.29, 0.717) is 15.7 Å². The number of anilines is 1. The summed E-state index contributed by atoms with van der Waals surface area (Å²) in [6.45, 7) is 3.42. The van der Waals surface area contributed by atoms with Crippen LogP contribution in [0.3, 0.4) is 0 Å². The van der Waals surface area contributed by atoms with Gasteiger partial charge >= 0.3 is 0 Å². The molecule has 6 heteroatoms. The van der Waals surface area contributed by atoms with Crippen LogP contribution in [-0.4, -0.2) is 8.42 Å². The Balaban J connectivity index is 2.44. The van der Waals surface area contributed by atoms with E-state index in [9.17, 15) is 12.8 Å². The Morgan fingerprint density at radius 2 is 1.80 bits per heavy atom. The number of hydrogen-bond donors (Lipinski definition) is 1. The van der Waals surface area contributed by atoms with Crippen molar-refractivity contribution in [2.75, 3.05) is 4.72 Å². The summed E-state index contributed by atoms with van der Waals surface area (Å²) in [4.78, 5) is 0.0623. The van der Waals surface area contributed by atoms with Crippen molar-refractivity contribution >= 4 is 31.6 Å². The average molecular weight is 358 g/mol. The zero-order valence-corrected chi connectivity index (χ0v) is 13.3. The molecule has 0 aliphatic heterocycles. The molecule has 1 N–H and O–H groups in total. The summed E-state index contributed by atoms with van der Waals surface area (Å²) in [6, 6.07) is 8.87. The molecule has 20 heavy (non-hydrogen) atoms. The first-order valence-electron chi connectivity index (χ1n) is 5.85. The van der Waals surface area contributed by atoms with E-state index in [0.717, 1.165) is 11.6 Å². The van der Waals surface area contributed by atoms with Crippen molar-refractivity contribution in [3.63, 3.8) is 0 Å². The Morgan fingerprint density at radius 1 is 1.10 bits per heavy atom. The molecular formula is C14H13BrFNO2S. The van der Waals surface area contributed by atoms with Gasteiger partial charge in [0, 0.05) is 4.47 Å². The molecule has 0 bridgehead atoms. The molecule has 3 nitrogen and oxygen atoms in total. The third-order valence-electron chi connectivity index (χ3n) is 2.86. The van der Waals surface area contributed by atoms with Crippen LogP contribution in [0.2, 0.25) is 0 Å². The second-order valence-corrected chi connectivity index (χ2v) is 6.90. The van der Waals surface area contributed by atoms with Gasteiger partial charge in [-0.3, -0.25) is 4.72 Å². The summed E-state index contributed by atoms with van der Waals surface area (Å²) < 4.78 is 40.9. The topological polar surface area (TPSA) is 46.2 Å². The molecule has 0 fully saturated rings. The standard InChI is InChI=1S/C14H13BrFNO2S/c1-9-4-3-5-12(14(9)15)17-20(18,19)13-7-6-11(16)8-10(13)2/h3-8,17H,1-2H3. The lowest BCUT2D eigenvalue weighted by atomic mass is 10.2. The maximum atomic E-state index is 13.1. The SMILES string of the molecule is Cc1cc(F)ccc1S(=O)(=O)Nc1cccc(C)c1Br. The lowest BCUT2D eigenvalue weighted by Gasteiger charge is -2.12. The molecule has 0 unspecified atom stereocenters. The minimum Gasteiger partial charge on any atom is -0.278 e. The van der Waals surface area contributed by atoms with Crippen molar-refractivity contribution < 1.29 is 12.8 Å². The van der Waals surface area contributed by atoms with E-state index in [4.69, 9.17) is 0 Å². The second kappa shape index (κ2) is 5.54. The van der Waals surface area contributed by atoms with Gasteiger partial charge in [-0.05, 0) is 65.2 Å². The molecule has 2 aromatic carbocycles. The Bertz CT molecular complexity index is 760. The molecule has 0 atom stereocenters. The Labute approximate surface area is 126 Å². The molecule has 2 rings (SSSR count). The monoisotopic (exact) mass is 357 g/mol. The summed E-state index contributed by atoms with van der Waals surface area (Å²) in [5.74, 6) is -0.460. The molecule has 0 saturated carbocycles. The number of halogens is 2. The molecule has 106 valence electrons. The van der Waals surface area contributed by atoms with Gasteiger partial charge in [-0.1, -0.05) is 12.1 Å². The average Bonchev–Trinajstić information content (AvgIpc) is 2.34. The molecule has 0 radical (unpaired) electrons. The first-order valence-corrected chi connectivity index (χ1v) is 8.13. The molecule has 0 heterocycles. The van der Waals surface area contributed by atoms with Gasteiger partial charge < -0.3 is 0 Å². The predicted molar refractivity (Wildman–Crippen MR) is 80.8 cm³/mol. The first kappa shape index (κ1) is 15.0. The van der Waals surface area contributed by atoms with Gasteiger partial charge in [0.1, 0.15) is 5.82 Å². The quantitative estimate of drug-likeness (QED) is 0.901. The van der Waals surface area contributed by atoms with Crippen molar-refractivity contribution in [1.29, 1.82) is 0 Å². The summed E-state index contributed by atoms with van der Waals surface area (Å²) in [5, 5.41) is 0. The molecule has 0 spiro atoms. The van der Waals surface area contributed by atoms with E-state index in [1.165, 1.54) is 12.1 Å². The van der Waals surface area contributed by atoms with Crippen LogP contribution in [0, 0.1) is 19.7 Å². The molecule has 0 saturated heterocycles. The molecule has 0 aliphatic rings. The van der Waals surface area contributed by atoms with Crippen molar-refractivity contribution in [2.24, 2.45) is 0 Å². The Kier molecular flexibility index (Phi) is 4.15. The fraction of sp³-hybridized carbons (Fsp3) is 0.143. The van der Waals surface area contributed by atoms with E-state index in [2.05, 4.69) is 20.7 Å². The summed E-state index contributed by atoms with van der Waals surface area (Å²) >= 11 is 3.35. The summed E-state index contributed by atoms with van der Waals surface area (Å²) in [7, 11) is -3.75. The lowest BCUT2D eigenvalue weighted by Crippen LogP contribution is -2.15. The number of benzene rings is 2. The largest absolute Gasteiger partial charge is 0.278 e. The van der Waals surface area contributed by atoms with Gasteiger partial charge in [0.25, 0.3) is 10.0 Å². The van der Waals surface area contributed by atoms with Crippen molar-refractivity contribution in [3.05, 3.63) is 57.8 Å². The smallest absolute Gasteiger partial charge is 0.262 e.